The van der Waals surface area contributed by atoms with Gasteiger partial charge in [0.2, 0.25) is 0 Å². The minimum atomic E-state index is 0.631. The van der Waals surface area contributed by atoms with Crippen LogP contribution in [0.15, 0.2) is 11.6 Å². The smallest absolute Gasteiger partial charge is 0.0306 e. The Morgan fingerprint density at radius 1 is 1.55 bits per heavy atom. The molecule has 1 nitrogen and oxygen atoms in total. The number of rotatable bonds is 0. The minimum absolute atomic E-state index is 0.631. The first kappa shape index (κ1) is 6.24. The van der Waals surface area contributed by atoms with Gasteiger partial charge in [-0.3, -0.25) is 4.90 Å². The largest absolute Gasteiger partial charge is 0.288 e. The molecule has 1 heteroatoms. The first-order valence-corrected chi connectivity index (χ1v) is 4.65. The van der Waals surface area contributed by atoms with Crippen molar-refractivity contribution in [3.05, 3.63) is 11.6 Å². The number of piperidine rings is 1. The van der Waals surface area contributed by atoms with Crippen molar-refractivity contribution in [1.29, 1.82) is 0 Å². The minimum Gasteiger partial charge on any atom is -0.288 e. The molecule has 11 heavy (non-hydrogen) atoms. The summed E-state index contributed by atoms with van der Waals surface area (Å²) in [5.41, 5.74) is 2.25. The molecule has 0 aromatic rings. The molecule has 3 heterocycles. The molecule has 2 unspecified atom stereocenters. The Balaban J connectivity index is 1.94. The van der Waals surface area contributed by atoms with Crippen LogP contribution in [-0.4, -0.2) is 22.5 Å². The zero-order chi connectivity index (χ0) is 7.64. The zero-order valence-corrected chi connectivity index (χ0v) is 7.30. The zero-order valence-electron chi connectivity index (χ0n) is 7.30. The van der Waals surface area contributed by atoms with E-state index >= 15 is 0 Å². The number of hydrogen-bond acceptors (Lipinski definition) is 1. The molecule has 60 valence electrons. The lowest BCUT2D eigenvalue weighted by molar-refractivity contribution is -0.177. The van der Waals surface area contributed by atoms with Gasteiger partial charge in [0, 0.05) is 17.6 Å². The second kappa shape index (κ2) is 1.56. The first-order valence-electron chi connectivity index (χ1n) is 4.65. The molecule has 0 amide bonds. The summed E-state index contributed by atoms with van der Waals surface area (Å²) in [6.07, 6.45) is 6.68. The summed E-state index contributed by atoms with van der Waals surface area (Å²) in [5, 5.41) is 0. The predicted molar refractivity (Wildman–Crippen MR) is 45.4 cm³/mol. The van der Waals surface area contributed by atoms with Crippen LogP contribution in [0.1, 0.15) is 33.1 Å². The van der Waals surface area contributed by atoms with Crippen molar-refractivity contribution >= 4 is 0 Å². The topological polar surface area (TPSA) is 3.24 Å². The third-order valence-corrected chi connectivity index (χ3v) is 3.73. The Morgan fingerprint density at radius 2 is 2.36 bits per heavy atom. The molecule has 0 spiro atoms. The van der Waals surface area contributed by atoms with Crippen LogP contribution in [0.3, 0.4) is 0 Å². The van der Waals surface area contributed by atoms with Gasteiger partial charge >= 0.3 is 0 Å². The lowest BCUT2D eigenvalue weighted by Crippen LogP contribution is -2.77. The van der Waals surface area contributed by atoms with Crippen LogP contribution in [0.25, 0.3) is 0 Å². The van der Waals surface area contributed by atoms with E-state index in [4.69, 9.17) is 0 Å². The fourth-order valence-electron chi connectivity index (χ4n) is 3.41. The van der Waals surface area contributed by atoms with E-state index in [9.17, 15) is 0 Å². The van der Waals surface area contributed by atoms with Crippen molar-refractivity contribution in [2.24, 2.45) is 0 Å². The van der Waals surface area contributed by atoms with Crippen LogP contribution in [0.5, 0.6) is 0 Å². The van der Waals surface area contributed by atoms with E-state index in [1.54, 1.807) is 5.57 Å². The Morgan fingerprint density at radius 3 is 3.00 bits per heavy atom. The normalized spacial score (nSPS) is 53.8. The highest BCUT2D eigenvalue weighted by Gasteiger charge is 2.60. The van der Waals surface area contributed by atoms with Gasteiger partial charge in [0.25, 0.3) is 0 Å². The lowest BCUT2D eigenvalue weighted by atomic mass is 9.62. The average molecular weight is 149 g/mol. The molecule has 3 aliphatic heterocycles. The quantitative estimate of drug-likeness (QED) is 0.476. The Bertz CT molecular complexity index is 243. The van der Waals surface area contributed by atoms with Crippen molar-refractivity contribution in [3.63, 3.8) is 0 Å². The molecule has 0 radical (unpaired) electrons. The van der Waals surface area contributed by atoms with Gasteiger partial charge in [-0.05, 0) is 33.1 Å². The highest BCUT2D eigenvalue weighted by atomic mass is 15.4. The summed E-state index contributed by atoms with van der Waals surface area (Å²) >= 11 is 0. The number of nitrogens with zero attached hydrogens (tertiary/aromatic N) is 1. The molecule has 3 aliphatic rings. The molecule has 0 N–H and O–H groups in total. The van der Waals surface area contributed by atoms with Crippen LogP contribution < -0.4 is 0 Å². The molecule has 0 aliphatic carbocycles. The monoisotopic (exact) mass is 149 g/mol. The van der Waals surface area contributed by atoms with E-state index in [1.165, 1.54) is 19.3 Å². The number of hydrogen-bond donors (Lipinski definition) is 0. The summed E-state index contributed by atoms with van der Waals surface area (Å²) in [4.78, 5) is 2.71. The van der Waals surface area contributed by atoms with Crippen LogP contribution in [0.4, 0.5) is 0 Å². The second-order valence-electron chi connectivity index (χ2n) is 4.75. The van der Waals surface area contributed by atoms with Crippen molar-refractivity contribution < 1.29 is 0 Å². The second-order valence-corrected chi connectivity index (χ2v) is 4.75. The summed E-state index contributed by atoms with van der Waals surface area (Å²) in [7, 11) is 0. The Hall–Kier alpha value is -0.300. The fourth-order valence-corrected chi connectivity index (χ4v) is 3.41. The summed E-state index contributed by atoms with van der Waals surface area (Å²) in [6.45, 7) is 4.69. The van der Waals surface area contributed by atoms with Gasteiger partial charge < -0.3 is 0 Å². The third kappa shape index (κ3) is 0.572. The maximum absolute atomic E-state index is 2.71. The van der Waals surface area contributed by atoms with Crippen molar-refractivity contribution in [1.82, 2.24) is 4.90 Å². The molecule has 0 saturated carbocycles. The van der Waals surface area contributed by atoms with E-state index in [2.05, 4.69) is 24.8 Å². The van der Waals surface area contributed by atoms with Crippen molar-refractivity contribution in [2.45, 2.75) is 50.7 Å². The molecule has 0 aromatic carbocycles. The molecule has 2 fully saturated rings. The standard InChI is InChI=1S/C10H15N/c1-7-3-8-5-10(2)6-9(4-7)11(8)10/h3,8-9H,4-6H2,1-2H3/t8?,9?,10-/m0/s1. The van der Waals surface area contributed by atoms with Crippen LogP contribution in [0.2, 0.25) is 0 Å². The molecule has 0 bridgehead atoms. The summed E-state index contributed by atoms with van der Waals surface area (Å²) in [5.74, 6) is 0. The fraction of sp³-hybridized carbons (Fsp3) is 0.800. The first-order chi connectivity index (χ1) is 5.19. The lowest BCUT2D eigenvalue weighted by Gasteiger charge is -2.70. The van der Waals surface area contributed by atoms with Gasteiger partial charge in [-0.15, -0.1) is 0 Å². The van der Waals surface area contributed by atoms with E-state index in [1.807, 2.05) is 0 Å². The average Bonchev–Trinajstić information content (AvgIpc) is 1.81. The Labute approximate surface area is 68.1 Å². The molecule has 3 atom stereocenters. The molecule has 0 aromatic heterocycles. The molecular weight excluding hydrogens is 134 g/mol. The highest BCUT2D eigenvalue weighted by Crippen LogP contribution is 2.55. The molecule has 3 rings (SSSR count). The highest BCUT2D eigenvalue weighted by molar-refractivity contribution is 5.28. The van der Waals surface area contributed by atoms with Gasteiger partial charge in [-0.25, -0.2) is 0 Å². The van der Waals surface area contributed by atoms with E-state index in [0.717, 1.165) is 12.1 Å². The van der Waals surface area contributed by atoms with Gasteiger partial charge in [-0.2, -0.15) is 0 Å². The predicted octanol–water partition coefficient (Wildman–Crippen LogP) is 1.94. The summed E-state index contributed by atoms with van der Waals surface area (Å²) < 4.78 is 0. The maximum Gasteiger partial charge on any atom is 0.0306 e. The van der Waals surface area contributed by atoms with Gasteiger partial charge in [0.1, 0.15) is 0 Å². The van der Waals surface area contributed by atoms with Crippen molar-refractivity contribution in [2.75, 3.05) is 0 Å². The SMILES string of the molecule is CC1=CC2C[C@@]3(C)CC(C1)N23. The molecular formula is C10H15N. The van der Waals surface area contributed by atoms with Gasteiger partial charge in [0.05, 0.1) is 0 Å². The van der Waals surface area contributed by atoms with Crippen LogP contribution >= 0.6 is 0 Å². The summed E-state index contributed by atoms with van der Waals surface area (Å²) in [6, 6.07) is 1.75. The van der Waals surface area contributed by atoms with E-state index in [-0.39, 0.29) is 0 Å². The van der Waals surface area contributed by atoms with Gasteiger partial charge in [-0.1, -0.05) is 11.6 Å². The Kier molecular flexibility index (Phi) is 0.885. The van der Waals surface area contributed by atoms with E-state index < -0.39 is 0 Å². The maximum atomic E-state index is 2.71. The van der Waals surface area contributed by atoms with Crippen LogP contribution in [-0.2, 0) is 0 Å². The van der Waals surface area contributed by atoms with Gasteiger partial charge in [0.15, 0.2) is 0 Å². The molecule has 2 saturated heterocycles. The third-order valence-electron chi connectivity index (χ3n) is 3.73. The van der Waals surface area contributed by atoms with Crippen molar-refractivity contribution in [3.8, 4) is 0 Å². The van der Waals surface area contributed by atoms with E-state index in [0.29, 0.717) is 5.54 Å². The van der Waals surface area contributed by atoms with Crippen LogP contribution in [0, 0.1) is 0 Å².